The van der Waals surface area contributed by atoms with Crippen LogP contribution in [0.1, 0.15) is 6.92 Å². The van der Waals surface area contributed by atoms with Crippen molar-refractivity contribution < 1.29 is 23.8 Å². The quantitative estimate of drug-likeness (QED) is 0.852. The van der Waals surface area contributed by atoms with Crippen LogP contribution in [0.5, 0.6) is 11.5 Å². The summed E-state index contributed by atoms with van der Waals surface area (Å²) in [5.74, 6) is 1.06. The van der Waals surface area contributed by atoms with Crippen molar-refractivity contribution in [1.82, 2.24) is 5.32 Å². The van der Waals surface area contributed by atoms with Gasteiger partial charge in [-0.1, -0.05) is 6.08 Å². The van der Waals surface area contributed by atoms with Gasteiger partial charge in [-0.05, 0) is 25.1 Å². The summed E-state index contributed by atoms with van der Waals surface area (Å²) in [5.41, 5.74) is 0.677. The van der Waals surface area contributed by atoms with Crippen molar-refractivity contribution in [2.75, 3.05) is 24.8 Å². The number of allylic oxidation sites excluding steroid dienone is 1. The molecule has 0 unspecified atom stereocenters. The van der Waals surface area contributed by atoms with E-state index in [-0.39, 0.29) is 25.3 Å². The van der Waals surface area contributed by atoms with Gasteiger partial charge in [0.1, 0.15) is 6.10 Å². The zero-order valence-electron chi connectivity index (χ0n) is 12.1. The fourth-order valence-electron chi connectivity index (χ4n) is 2.32. The van der Waals surface area contributed by atoms with Crippen LogP contribution in [0.4, 0.5) is 10.5 Å². The van der Waals surface area contributed by atoms with Crippen molar-refractivity contribution in [3.8, 4) is 11.5 Å². The van der Waals surface area contributed by atoms with Crippen molar-refractivity contribution in [3.05, 3.63) is 30.4 Å². The van der Waals surface area contributed by atoms with E-state index in [9.17, 15) is 9.59 Å². The molecule has 1 aromatic carbocycles. The number of hydrogen-bond donors (Lipinski definition) is 1. The summed E-state index contributed by atoms with van der Waals surface area (Å²) in [4.78, 5) is 24.8. The Morgan fingerprint density at radius 1 is 1.41 bits per heavy atom. The van der Waals surface area contributed by atoms with Crippen LogP contribution < -0.4 is 19.7 Å². The lowest BCUT2D eigenvalue weighted by Crippen LogP contribution is -2.33. The molecule has 1 aromatic rings. The molecule has 0 spiro atoms. The number of anilines is 1. The Labute approximate surface area is 127 Å². The third-order valence-corrected chi connectivity index (χ3v) is 3.36. The summed E-state index contributed by atoms with van der Waals surface area (Å²) in [5, 5.41) is 2.69. The van der Waals surface area contributed by atoms with Crippen molar-refractivity contribution in [3.63, 3.8) is 0 Å². The molecule has 2 heterocycles. The predicted octanol–water partition coefficient (Wildman–Crippen LogP) is 1.43. The molecule has 0 aliphatic carbocycles. The Hall–Kier alpha value is -2.70. The summed E-state index contributed by atoms with van der Waals surface area (Å²) in [6.45, 7) is 2.59. The molecule has 0 saturated carbocycles. The Morgan fingerprint density at radius 3 is 3.05 bits per heavy atom. The molecule has 0 radical (unpaired) electrons. The molecule has 1 saturated heterocycles. The van der Waals surface area contributed by atoms with E-state index in [2.05, 4.69) is 5.32 Å². The van der Waals surface area contributed by atoms with Gasteiger partial charge in [-0.15, -0.1) is 0 Å². The number of nitrogens with zero attached hydrogens (tertiary/aromatic N) is 1. The minimum Gasteiger partial charge on any atom is -0.454 e. The first-order valence-corrected chi connectivity index (χ1v) is 6.95. The van der Waals surface area contributed by atoms with Crippen LogP contribution in [0.15, 0.2) is 30.4 Å². The standard InChI is InChI=1S/C15H16N2O5/c1-2-3-14(18)16-7-11-8-17(15(19)22-11)10-4-5-12-13(6-10)21-9-20-12/h2-6,11H,7-9H2,1H3,(H,16,18)/b3-2-/t11-/m0/s1. The highest BCUT2D eigenvalue weighted by molar-refractivity contribution is 5.90. The zero-order valence-corrected chi connectivity index (χ0v) is 12.1. The normalized spacial score (nSPS) is 19.6. The van der Waals surface area contributed by atoms with Crippen LogP contribution in [-0.2, 0) is 9.53 Å². The van der Waals surface area contributed by atoms with Crippen LogP contribution >= 0.6 is 0 Å². The van der Waals surface area contributed by atoms with Gasteiger partial charge in [0.25, 0.3) is 0 Å². The third kappa shape index (κ3) is 2.83. The molecule has 1 fully saturated rings. The van der Waals surface area contributed by atoms with Gasteiger partial charge in [-0.25, -0.2) is 4.79 Å². The van der Waals surface area contributed by atoms with E-state index in [4.69, 9.17) is 14.2 Å². The smallest absolute Gasteiger partial charge is 0.414 e. The van der Waals surface area contributed by atoms with E-state index in [0.29, 0.717) is 23.7 Å². The van der Waals surface area contributed by atoms with Crippen LogP contribution in [-0.4, -0.2) is 38.0 Å². The molecule has 0 bridgehead atoms. The highest BCUT2D eigenvalue weighted by atomic mass is 16.7. The fourth-order valence-corrected chi connectivity index (χ4v) is 2.32. The monoisotopic (exact) mass is 304 g/mol. The SMILES string of the molecule is C/C=C\C(=O)NC[C@H]1CN(c2ccc3c(c2)OCO3)C(=O)O1. The first kappa shape index (κ1) is 14.2. The molecule has 3 rings (SSSR count). The molecule has 1 atom stereocenters. The molecule has 2 amide bonds. The van der Waals surface area contributed by atoms with Gasteiger partial charge in [-0.3, -0.25) is 9.69 Å². The van der Waals surface area contributed by atoms with E-state index in [1.165, 1.54) is 11.0 Å². The number of rotatable bonds is 4. The Balaban J connectivity index is 1.63. The van der Waals surface area contributed by atoms with Gasteiger partial charge in [0.2, 0.25) is 12.7 Å². The summed E-state index contributed by atoms with van der Waals surface area (Å²) in [6, 6.07) is 5.27. The third-order valence-electron chi connectivity index (χ3n) is 3.36. The molecule has 1 N–H and O–H groups in total. The fraction of sp³-hybridized carbons (Fsp3) is 0.333. The number of amides is 2. The lowest BCUT2D eigenvalue weighted by Gasteiger charge is -2.13. The molecule has 2 aliphatic rings. The second-order valence-electron chi connectivity index (χ2n) is 4.90. The van der Waals surface area contributed by atoms with Crippen molar-refractivity contribution >= 4 is 17.7 Å². The second kappa shape index (κ2) is 5.97. The predicted molar refractivity (Wildman–Crippen MR) is 78.0 cm³/mol. The number of cyclic esters (lactones) is 1. The lowest BCUT2D eigenvalue weighted by atomic mass is 10.2. The van der Waals surface area contributed by atoms with Gasteiger partial charge in [-0.2, -0.15) is 0 Å². The van der Waals surface area contributed by atoms with Crippen LogP contribution in [0.25, 0.3) is 0 Å². The number of benzene rings is 1. The number of hydrogen-bond acceptors (Lipinski definition) is 5. The summed E-state index contributed by atoms with van der Waals surface area (Å²) >= 11 is 0. The number of carbonyl (C=O) groups excluding carboxylic acids is 2. The highest BCUT2D eigenvalue weighted by Gasteiger charge is 2.33. The minimum atomic E-state index is -0.441. The zero-order chi connectivity index (χ0) is 15.5. The Morgan fingerprint density at radius 2 is 2.23 bits per heavy atom. The van der Waals surface area contributed by atoms with E-state index < -0.39 is 6.09 Å². The number of fused-ring (bicyclic) bond motifs is 1. The minimum absolute atomic E-state index is 0.183. The maximum atomic E-state index is 12.0. The average Bonchev–Trinajstić information content (AvgIpc) is 3.11. The van der Waals surface area contributed by atoms with Gasteiger partial charge in [0, 0.05) is 6.07 Å². The lowest BCUT2D eigenvalue weighted by molar-refractivity contribution is -0.116. The Bertz CT molecular complexity index is 628. The van der Waals surface area contributed by atoms with E-state index >= 15 is 0 Å². The van der Waals surface area contributed by atoms with Crippen LogP contribution in [0, 0.1) is 0 Å². The first-order chi connectivity index (χ1) is 10.7. The van der Waals surface area contributed by atoms with Gasteiger partial charge in [0.15, 0.2) is 11.5 Å². The molecular formula is C15H16N2O5. The summed E-state index contributed by atoms with van der Waals surface area (Å²) < 4.78 is 15.8. The summed E-state index contributed by atoms with van der Waals surface area (Å²) in [7, 11) is 0. The van der Waals surface area contributed by atoms with E-state index in [1.807, 2.05) is 0 Å². The van der Waals surface area contributed by atoms with Crippen LogP contribution in [0.3, 0.4) is 0 Å². The maximum Gasteiger partial charge on any atom is 0.414 e. The largest absolute Gasteiger partial charge is 0.454 e. The number of ether oxygens (including phenoxy) is 3. The maximum absolute atomic E-state index is 12.0. The van der Waals surface area contributed by atoms with Gasteiger partial charge >= 0.3 is 6.09 Å². The molecule has 0 aromatic heterocycles. The van der Waals surface area contributed by atoms with Crippen molar-refractivity contribution in [2.24, 2.45) is 0 Å². The highest BCUT2D eigenvalue weighted by Crippen LogP contribution is 2.36. The van der Waals surface area contributed by atoms with Crippen molar-refractivity contribution in [1.29, 1.82) is 0 Å². The van der Waals surface area contributed by atoms with Gasteiger partial charge < -0.3 is 19.5 Å². The molecule has 7 nitrogen and oxygen atoms in total. The number of carbonyl (C=O) groups is 2. The van der Waals surface area contributed by atoms with E-state index in [0.717, 1.165) is 0 Å². The van der Waals surface area contributed by atoms with E-state index in [1.54, 1.807) is 31.2 Å². The Kier molecular flexibility index (Phi) is 3.86. The molecule has 116 valence electrons. The molecule has 2 aliphatic heterocycles. The van der Waals surface area contributed by atoms with Crippen LogP contribution in [0.2, 0.25) is 0 Å². The molecular weight excluding hydrogens is 288 g/mol. The first-order valence-electron chi connectivity index (χ1n) is 6.95. The van der Waals surface area contributed by atoms with Crippen molar-refractivity contribution in [2.45, 2.75) is 13.0 Å². The molecule has 22 heavy (non-hydrogen) atoms. The van der Waals surface area contributed by atoms with Gasteiger partial charge in [0.05, 0.1) is 18.8 Å². The second-order valence-corrected chi connectivity index (χ2v) is 4.90. The number of nitrogens with one attached hydrogen (secondary N) is 1. The average molecular weight is 304 g/mol. The molecule has 7 heteroatoms. The topological polar surface area (TPSA) is 77.1 Å². The summed E-state index contributed by atoms with van der Waals surface area (Å²) in [6.07, 6.45) is 2.25.